The molecule has 31 heavy (non-hydrogen) atoms. The average Bonchev–Trinajstić information content (AvgIpc) is 3.23. The van der Waals surface area contributed by atoms with Gasteiger partial charge < -0.3 is 19.3 Å². The molecule has 162 valence electrons. The number of aromatic nitrogens is 2. The highest BCUT2D eigenvalue weighted by Gasteiger charge is 2.40. The van der Waals surface area contributed by atoms with Gasteiger partial charge in [0.15, 0.2) is 11.5 Å². The van der Waals surface area contributed by atoms with Gasteiger partial charge in [-0.25, -0.2) is 19.6 Å². The number of urea groups is 1. The van der Waals surface area contributed by atoms with Gasteiger partial charge in [-0.1, -0.05) is 0 Å². The molecule has 10 heteroatoms. The van der Waals surface area contributed by atoms with Crippen molar-refractivity contribution in [3.8, 4) is 0 Å². The van der Waals surface area contributed by atoms with E-state index in [2.05, 4.69) is 25.1 Å². The van der Waals surface area contributed by atoms with E-state index in [1.165, 1.54) is 7.11 Å². The van der Waals surface area contributed by atoms with Gasteiger partial charge in [-0.3, -0.25) is 10.2 Å². The van der Waals surface area contributed by atoms with Gasteiger partial charge in [0.25, 0.3) is 0 Å². The predicted octanol–water partition coefficient (Wildman–Crippen LogP) is 1.73. The molecule has 2 aromatic heterocycles. The maximum Gasteiger partial charge on any atom is 0.356 e. The van der Waals surface area contributed by atoms with E-state index in [0.29, 0.717) is 24.8 Å². The van der Waals surface area contributed by atoms with Crippen LogP contribution in [0.4, 0.5) is 27.8 Å². The van der Waals surface area contributed by atoms with E-state index in [-0.39, 0.29) is 17.8 Å². The van der Waals surface area contributed by atoms with Crippen molar-refractivity contribution in [2.24, 2.45) is 0 Å². The molecule has 1 unspecified atom stereocenters. The maximum absolute atomic E-state index is 13.3. The first-order chi connectivity index (χ1) is 15.1. The molecule has 0 spiro atoms. The average molecular weight is 424 g/mol. The Bertz CT molecular complexity index is 1010. The number of esters is 1. The summed E-state index contributed by atoms with van der Waals surface area (Å²) >= 11 is 0. The van der Waals surface area contributed by atoms with Gasteiger partial charge in [0.2, 0.25) is 0 Å². The lowest BCUT2D eigenvalue weighted by molar-refractivity contribution is 0.0594. The molecule has 10 nitrogen and oxygen atoms in total. The Balaban J connectivity index is 1.42. The summed E-state index contributed by atoms with van der Waals surface area (Å²) in [5.41, 5.74) is 2.01. The van der Waals surface area contributed by atoms with Gasteiger partial charge in [-0.05, 0) is 24.6 Å². The van der Waals surface area contributed by atoms with Crippen LogP contribution in [0.15, 0.2) is 30.5 Å². The van der Waals surface area contributed by atoms with Crippen LogP contribution in [0.5, 0.6) is 0 Å². The predicted molar refractivity (Wildman–Crippen MR) is 115 cm³/mol. The van der Waals surface area contributed by atoms with E-state index < -0.39 is 5.97 Å². The van der Waals surface area contributed by atoms with Crippen LogP contribution in [0, 0.1) is 0 Å². The Hall–Kier alpha value is -3.40. The van der Waals surface area contributed by atoms with E-state index >= 15 is 0 Å². The number of hydrogen-bond donors (Lipinski definition) is 1. The van der Waals surface area contributed by atoms with Gasteiger partial charge in [0.05, 0.1) is 32.1 Å². The molecule has 0 aliphatic carbocycles. The van der Waals surface area contributed by atoms with Crippen LogP contribution in [0.25, 0.3) is 0 Å². The number of nitrogens with zero attached hydrogens (tertiary/aromatic N) is 5. The second kappa shape index (κ2) is 8.03. The first kappa shape index (κ1) is 19.6. The van der Waals surface area contributed by atoms with Crippen molar-refractivity contribution in [3.05, 3.63) is 36.2 Å². The highest BCUT2D eigenvalue weighted by atomic mass is 16.5. The number of methoxy groups -OCH3 is 1. The number of carbonyl (C=O) groups excluding carboxylic acids is 2. The fourth-order valence-electron chi connectivity index (χ4n) is 4.37. The van der Waals surface area contributed by atoms with Crippen molar-refractivity contribution >= 4 is 35.0 Å². The number of nitrogens with one attached hydrogen (secondary N) is 1. The molecule has 2 fully saturated rings. The normalized spacial score (nSPS) is 19.8. The molecule has 0 radical (unpaired) electrons. The fraction of sp³-hybridized carbons (Fsp3) is 0.429. The summed E-state index contributed by atoms with van der Waals surface area (Å²) in [5.74, 6) is 0.412. The summed E-state index contributed by atoms with van der Waals surface area (Å²) in [6.07, 6.45) is 2.52. The standard InChI is InChI=1S/C21H24N6O4/c1-30-20(28)16-2-3-17-19(23-16)27(15-5-7-26(17)13-15)21(29)24-18-12-14(4-6-22-18)25-8-10-31-11-9-25/h2-4,6,12,15H,5,7-11,13H2,1H3,(H,22,24,29). The Kier molecular flexibility index (Phi) is 5.06. The van der Waals surface area contributed by atoms with Crippen molar-refractivity contribution in [2.45, 2.75) is 12.5 Å². The molecule has 3 aliphatic rings. The molecular formula is C21H24N6O4. The summed E-state index contributed by atoms with van der Waals surface area (Å²) in [4.78, 5) is 40.1. The zero-order valence-electron chi connectivity index (χ0n) is 17.3. The molecule has 2 aromatic rings. The number of amides is 2. The van der Waals surface area contributed by atoms with Crippen LogP contribution < -0.4 is 20.0 Å². The molecule has 1 atom stereocenters. The first-order valence-electron chi connectivity index (χ1n) is 10.4. The smallest absolute Gasteiger partial charge is 0.356 e. The molecule has 3 aliphatic heterocycles. The summed E-state index contributed by atoms with van der Waals surface area (Å²) in [5, 5.41) is 2.92. The monoisotopic (exact) mass is 424 g/mol. The van der Waals surface area contributed by atoms with Crippen LogP contribution in [-0.4, -0.2) is 74.5 Å². The molecule has 2 saturated heterocycles. The number of rotatable bonds is 3. The zero-order valence-corrected chi connectivity index (χ0v) is 17.3. The minimum absolute atomic E-state index is 0.0182. The quantitative estimate of drug-likeness (QED) is 0.744. The van der Waals surface area contributed by atoms with E-state index in [0.717, 1.165) is 44.0 Å². The summed E-state index contributed by atoms with van der Waals surface area (Å²) < 4.78 is 10.2. The SMILES string of the molecule is COC(=O)c1ccc2c(n1)N(C(=O)Nc1cc(N3CCOCC3)ccn1)C1CCN2C1. The number of fused-ring (bicyclic) bond motifs is 4. The number of ether oxygens (including phenoxy) is 2. The van der Waals surface area contributed by atoms with E-state index in [1.807, 2.05) is 18.2 Å². The second-order valence-electron chi connectivity index (χ2n) is 7.72. The van der Waals surface area contributed by atoms with E-state index in [9.17, 15) is 9.59 Å². The van der Waals surface area contributed by atoms with Gasteiger partial charge >= 0.3 is 12.0 Å². The van der Waals surface area contributed by atoms with Crippen LogP contribution in [0.2, 0.25) is 0 Å². The molecule has 1 N–H and O–H groups in total. The minimum Gasteiger partial charge on any atom is -0.464 e. The summed E-state index contributed by atoms with van der Waals surface area (Å²) in [7, 11) is 1.31. The third-order valence-electron chi connectivity index (χ3n) is 5.92. The molecule has 0 aromatic carbocycles. The lowest BCUT2D eigenvalue weighted by Crippen LogP contribution is -2.48. The minimum atomic E-state index is -0.532. The van der Waals surface area contributed by atoms with Gasteiger partial charge in [-0.15, -0.1) is 0 Å². The Morgan fingerprint density at radius 3 is 2.81 bits per heavy atom. The first-order valence-corrected chi connectivity index (χ1v) is 10.4. The number of carbonyl (C=O) groups is 2. The second-order valence-corrected chi connectivity index (χ2v) is 7.72. The van der Waals surface area contributed by atoms with Crippen LogP contribution in [0.1, 0.15) is 16.9 Å². The summed E-state index contributed by atoms with van der Waals surface area (Å²) in [6.45, 7) is 4.54. The maximum atomic E-state index is 13.3. The van der Waals surface area contributed by atoms with E-state index in [4.69, 9.17) is 9.47 Å². The zero-order chi connectivity index (χ0) is 21.4. The highest BCUT2D eigenvalue weighted by molar-refractivity contribution is 6.04. The lowest BCUT2D eigenvalue weighted by atomic mass is 10.2. The molecule has 5 rings (SSSR count). The van der Waals surface area contributed by atoms with Crippen LogP contribution in [-0.2, 0) is 9.47 Å². The highest BCUT2D eigenvalue weighted by Crippen LogP contribution is 2.39. The molecule has 0 saturated carbocycles. The molecular weight excluding hydrogens is 400 g/mol. The third-order valence-corrected chi connectivity index (χ3v) is 5.92. The van der Waals surface area contributed by atoms with Crippen molar-refractivity contribution in [2.75, 3.05) is 66.5 Å². The molecule has 5 heterocycles. The number of morpholine rings is 1. The topological polar surface area (TPSA) is 100 Å². The molecule has 2 bridgehead atoms. The Morgan fingerprint density at radius 2 is 2.00 bits per heavy atom. The number of pyridine rings is 2. The largest absolute Gasteiger partial charge is 0.464 e. The number of hydrogen-bond acceptors (Lipinski definition) is 8. The Morgan fingerprint density at radius 1 is 1.16 bits per heavy atom. The summed E-state index contributed by atoms with van der Waals surface area (Å²) in [6, 6.07) is 6.92. The Labute approximate surface area is 179 Å². The van der Waals surface area contributed by atoms with Gasteiger partial charge in [0, 0.05) is 44.1 Å². The van der Waals surface area contributed by atoms with Gasteiger partial charge in [0.1, 0.15) is 5.82 Å². The molecule has 2 amide bonds. The van der Waals surface area contributed by atoms with Crippen molar-refractivity contribution in [3.63, 3.8) is 0 Å². The van der Waals surface area contributed by atoms with Crippen LogP contribution in [0.3, 0.4) is 0 Å². The fourth-order valence-corrected chi connectivity index (χ4v) is 4.37. The van der Waals surface area contributed by atoms with E-state index in [1.54, 1.807) is 17.2 Å². The van der Waals surface area contributed by atoms with Gasteiger partial charge in [-0.2, -0.15) is 0 Å². The van der Waals surface area contributed by atoms with Crippen molar-refractivity contribution < 1.29 is 19.1 Å². The third kappa shape index (κ3) is 3.63. The lowest BCUT2D eigenvalue weighted by Gasteiger charge is -2.35. The van der Waals surface area contributed by atoms with Crippen LogP contribution >= 0.6 is 0 Å². The van der Waals surface area contributed by atoms with Crippen molar-refractivity contribution in [1.82, 2.24) is 9.97 Å². The van der Waals surface area contributed by atoms with Crippen molar-refractivity contribution in [1.29, 1.82) is 0 Å². The number of anilines is 4.